The van der Waals surface area contributed by atoms with Crippen LogP contribution < -0.4 is 0 Å². The molecule has 0 N–H and O–H groups in total. The molecular weight excluding hydrogens is 516 g/mol. The third-order valence-electron chi connectivity index (χ3n) is 4.60. The molecule has 0 unspecified atom stereocenters. The van der Waals surface area contributed by atoms with Crippen molar-refractivity contribution < 1.29 is 56.9 Å². The fourth-order valence-corrected chi connectivity index (χ4v) is 2.69. The van der Waals surface area contributed by atoms with Crippen LogP contribution in [0, 0.1) is 0 Å². The van der Waals surface area contributed by atoms with Crippen LogP contribution in [0.1, 0.15) is 33.6 Å². The summed E-state index contributed by atoms with van der Waals surface area (Å²) in [6.07, 6.45) is 1.46. The number of hydrogen-bond acceptors (Lipinski definition) is 12. The van der Waals surface area contributed by atoms with Crippen molar-refractivity contribution in [1.29, 1.82) is 0 Å². The van der Waals surface area contributed by atoms with Crippen molar-refractivity contribution in [2.75, 3.05) is 132 Å². The highest BCUT2D eigenvalue weighted by Crippen LogP contribution is 1.91. The molecule has 0 bridgehead atoms. The van der Waals surface area contributed by atoms with Crippen LogP contribution in [0.3, 0.4) is 0 Å². The van der Waals surface area contributed by atoms with Gasteiger partial charge in [-0.3, -0.25) is 4.79 Å². The van der Waals surface area contributed by atoms with Crippen LogP contribution in [0.2, 0.25) is 0 Å². The van der Waals surface area contributed by atoms with Crippen LogP contribution >= 0.6 is 0 Å². The number of hydrogen-bond donors (Lipinski definition) is 0. The van der Waals surface area contributed by atoms with Gasteiger partial charge in [0.05, 0.1) is 132 Å². The third kappa shape index (κ3) is 35.0. The summed E-state index contributed by atoms with van der Waals surface area (Å²) >= 11 is 0. The second kappa shape index (κ2) is 33.3. The van der Waals surface area contributed by atoms with Crippen LogP contribution in [-0.2, 0) is 56.9 Å². The van der Waals surface area contributed by atoms with Crippen LogP contribution in [0.25, 0.3) is 0 Å². The van der Waals surface area contributed by atoms with E-state index in [2.05, 4.69) is 0 Å². The Morgan fingerprint density at radius 2 is 0.692 bits per heavy atom. The van der Waals surface area contributed by atoms with E-state index in [9.17, 15) is 4.79 Å². The Balaban J connectivity index is 3.05. The van der Waals surface area contributed by atoms with Gasteiger partial charge in [0, 0.05) is 6.42 Å². The Hall–Kier alpha value is -0.930. The van der Waals surface area contributed by atoms with E-state index in [4.69, 9.17) is 52.1 Å². The lowest BCUT2D eigenvalue weighted by atomic mass is 10.3. The zero-order chi connectivity index (χ0) is 28.5. The first-order valence-corrected chi connectivity index (χ1v) is 14.1. The maximum absolute atomic E-state index is 11.2. The molecule has 12 nitrogen and oxygen atoms in total. The van der Waals surface area contributed by atoms with Crippen molar-refractivity contribution in [2.24, 2.45) is 0 Å². The molecule has 0 aromatic heterocycles. The number of carbonyl (C=O) groups is 1. The minimum Gasteiger partial charge on any atom is -0.463 e. The number of esters is 1. The van der Waals surface area contributed by atoms with E-state index in [-0.39, 0.29) is 18.7 Å². The monoisotopic (exact) mass is 570 g/mol. The summed E-state index contributed by atoms with van der Waals surface area (Å²) < 4.78 is 59.1. The first-order chi connectivity index (χ1) is 19.2. The van der Waals surface area contributed by atoms with Gasteiger partial charge in [0.15, 0.2) is 0 Å². The molecule has 0 spiro atoms. The molecule has 0 aliphatic carbocycles. The van der Waals surface area contributed by atoms with Crippen LogP contribution in [0.5, 0.6) is 0 Å². The van der Waals surface area contributed by atoms with Crippen molar-refractivity contribution in [3.8, 4) is 0 Å². The van der Waals surface area contributed by atoms with Gasteiger partial charge in [-0.15, -0.1) is 0 Å². The van der Waals surface area contributed by atoms with Gasteiger partial charge in [0.25, 0.3) is 0 Å². The molecule has 0 saturated heterocycles. The van der Waals surface area contributed by atoms with Crippen LogP contribution in [0.15, 0.2) is 0 Å². The van der Waals surface area contributed by atoms with Gasteiger partial charge in [-0.1, -0.05) is 6.92 Å². The van der Waals surface area contributed by atoms with E-state index in [1.54, 1.807) is 0 Å². The number of rotatable bonds is 33. The number of carbonyl (C=O) groups excluding carboxylic acids is 1. The fourth-order valence-electron chi connectivity index (χ4n) is 2.69. The molecule has 0 aromatic rings. The molecule has 0 aromatic carbocycles. The zero-order valence-corrected chi connectivity index (χ0v) is 24.5. The van der Waals surface area contributed by atoms with E-state index in [0.29, 0.717) is 132 Å². The fraction of sp³-hybridized carbons (Fsp3) is 0.963. The number of ether oxygens (including phenoxy) is 11. The first-order valence-electron chi connectivity index (χ1n) is 14.1. The normalized spacial score (nSPS) is 11.5. The Morgan fingerprint density at radius 3 is 0.949 bits per heavy atom. The minimum absolute atomic E-state index is 0.186. The molecule has 0 atom stereocenters. The van der Waals surface area contributed by atoms with Gasteiger partial charge < -0.3 is 52.1 Å². The van der Waals surface area contributed by atoms with Gasteiger partial charge >= 0.3 is 5.97 Å². The summed E-state index contributed by atoms with van der Waals surface area (Å²) in [7, 11) is 0. The highest BCUT2D eigenvalue weighted by atomic mass is 16.6. The Morgan fingerprint density at radius 1 is 0.436 bits per heavy atom. The summed E-state index contributed by atoms with van der Waals surface area (Å²) in [6, 6.07) is 0. The molecular formula is C27H54O12. The lowest BCUT2D eigenvalue weighted by Crippen LogP contribution is -2.15. The molecule has 0 fully saturated rings. The molecule has 0 aliphatic heterocycles. The molecule has 0 heterocycles. The average Bonchev–Trinajstić information content (AvgIpc) is 2.91. The lowest BCUT2D eigenvalue weighted by molar-refractivity contribution is -0.145. The van der Waals surface area contributed by atoms with Crippen molar-refractivity contribution in [1.82, 2.24) is 0 Å². The molecule has 0 saturated carbocycles. The lowest BCUT2D eigenvalue weighted by Gasteiger charge is -2.09. The maximum Gasteiger partial charge on any atom is 0.305 e. The predicted molar refractivity (Wildman–Crippen MR) is 144 cm³/mol. The molecule has 39 heavy (non-hydrogen) atoms. The quantitative estimate of drug-likeness (QED) is 0.0847. The topological polar surface area (TPSA) is 119 Å². The van der Waals surface area contributed by atoms with Crippen molar-refractivity contribution >= 4 is 5.97 Å². The summed E-state index contributed by atoms with van der Waals surface area (Å²) in [5.74, 6) is -0.186. The first kappa shape index (κ1) is 38.1. The van der Waals surface area contributed by atoms with E-state index >= 15 is 0 Å². The Bertz CT molecular complexity index is 482. The molecule has 0 amide bonds. The smallest absolute Gasteiger partial charge is 0.305 e. The van der Waals surface area contributed by atoms with Gasteiger partial charge in [-0.2, -0.15) is 0 Å². The molecule has 234 valence electrons. The average molecular weight is 571 g/mol. The standard InChI is InChI=1S/C27H54O12/c1-4-5-27(28)39-25-23-37-21-19-35-17-15-33-13-11-31-9-7-29-6-8-30-10-12-32-14-16-34-18-20-36-22-24-38-26(2)3/h26H,4-25H2,1-3H3. The predicted octanol–water partition coefficient (Wildman–Crippen LogP) is 1.90. The minimum atomic E-state index is -0.186. The highest BCUT2D eigenvalue weighted by Gasteiger charge is 2.00. The van der Waals surface area contributed by atoms with E-state index in [0.717, 1.165) is 6.42 Å². The summed E-state index contributed by atoms with van der Waals surface area (Å²) in [5, 5.41) is 0. The van der Waals surface area contributed by atoms with Gasteiger partial charge in [0.1, 0.15) is 6.61 Å². The molecule has 0 aliphatic rings. The van der Waals surface area contributed by atoms with Crippen LogP contribution in [0.4, 0.5) is 0 Å². The van der Waals surface area contributed by atoms with Crippen molar-refractivity contribution in [3.05, 3.63) is 0 Å². The molecule has 12 heteroatoms. The summed E-state index contributed by atoms with van der Waals surface area (Å²) in [4.78, 5) is 11.2. The Labute approximate surface area is 235 Å². The zero-order valence-electron chi connectivity index (χ0n) is 24.5. The third-order valence-corrected chi connectivity index (χ3v) is 4.60. The van der Waals surface area contributed by atoms with E-state index in [1.807, 2.05) is 20.8 Å². The Kier molecular flexibility index (Phi) is 32.5. The highest BCUT2D eigenvalue weighted by molar-refractivity contribution is 5.69. The second-order valence-corrected chi connectivity index (χ2v) is 8.40. The van der Waals surface area contributed by atoms with E-state index < -0.39 is 0 Å². The van der Waals surface area contributed by atoms with Gasteiger partial charge in [-0.25, -0.2) is 0 Å². The van der Waals surface area contributed by atoms with Crippen LogP contribution in [-0.4, -0.2) is 144 Å². The summed E-state index contributed by atoms with van der Waals surface area (Å²) in [5.41, 5.74) is 0. The maximum atomic E-state index is 11.2. The van der Waals surface area contributed by atoms with Gasteiger partial charge in [-0.05, 0) is 20.3 Å². The van der Waals surface area contributed by atoms with Crippen molar-refractivity contribution in [2.45, 2.75) is 39.7 Å². The van der Waals surface area contributed by atoms with Crippen molar-refractivity contribution in [3.63, 3.8) is 0 Å². The largest absolute Gasteiger partial charge is 0.463 e. The SMILES string of the molecule is CCCC(=O)OCCOCCOCCOCCOCCOCCOCCOCCOCCOCCOC(C)C. The second-order valence-electron chi connectivity index (χ2n) is 8.40. The molecule has 0 radical (unpaired) electrons. The van der Waals surface area contributed by atoms with Gasteiger partial charge in [0.2, 0.25) is 0 Å². The summed E-state index contributed by atoms with van der Waals surface area (Å²) in [6.45, 7) is 15.9. The van der Waals surface area contributed by atoms with E-state index in [1.165, 1.54) is 0 Å². The molecule has 0 rings (SSSR count).